The SMILES string of the molecule is CCC(NC)C(=O)NC(Cc1cccc(C#N)c1)C(=O)N1C[C@@H](c2ccccc2)C[C@H]1CN1CCC(c2ccccc2)C1. The molecule has 224 valence electrons. The Kier molecular flexibility index (Phi) is 10.2. The number of hydrogen-bond acceptors (Lipinski definition) is 5. The summed E-state index contributed by atoms with van der Waals surface area (Å²) in [6.07, 6.45) is 2.95. The van der Waals surface area contributed by atoms with Gasteiger partial charge in [-0.25, -0.2) is 0 Å². The van der Waals surface area contributed by atoms with Crippen LogP contribution in [-0.4, -0.2) is 73.0 Å². The number of benzene rings is 3. The minimum Gasteiger partial charge on any atom is -0.343 e. The average Bonchev–Trinajstić information content (AvgIpc) is 3.70. The molecule has 2 N–H and O–H groups in total. The van der Waals surface area contributed by atoms with Gasteiger partial charge < -0.3 is 20.4 Å². The molecule has 2 fully saturated rings. The Hall–Kier alpha value is -3.99. The van der Waals surface area contributed by atoms with Crippen molar-refractivity contribution in [2.75, 3.05) is 33.2 Å². The van der Waals surface area contributed by atoms with Crippen LogP contribution in [0.1, 0.15) is 60.3 Å². The Morgan fingerprint density at radius 3 is 2.28 bits per heavy atom. The summed E-state index contributed by atoms with van der Waals surface area (Å²) in [4.78, 5) is 32.3. The quantitative estimate of drug-likeness (QED) is 0.352. The Morgan fingerprint density at radius 2 is 1.63 bits per heavy atom. The van der Waals surface area contributed by atoms with E-state index in [2.05, 4.69) is 76.2 Å². The largest absolute Gasteiger partial charge is 0.343 e. The first kappa shape index (κ1) is 30.5. The van der Waals surface area contributed by atoms with Gasteiger partial charge in [-0.05, 0) is 67.6 Å². The molecular formula is C36H43N5O2. The monoisotopic (exact) mass is 577 g/mol. The van der Waals surface area contributed by atoms with Crippen molar-refractivity contribution in [3.8, 4) is 6.07 Å². The molecule has 3 aromatic carbocycles. The van der Waals surface area contributed by atoms with E-state index in [1.165, 1.54) is 11.1 Å². The molecule has 2 saturated heterocycles. The summed E-state index contributed by atoms with van der Waals surface area (Å²) in [5, 5.41) is 15.6. The van der Waals surface area contributed by atoms with Gasteiger partial charge in [0.25, 0.3) is 0 Å². The zero-order valence-corrected chi connectivity index (χ0v) is 25.3. The lowest BCUT2D eigenvalue weighted by atomic mass is 9.96. The number of likely N-dealkylation sites (tertiary alicyclic amines) is 2. The maximum atomic E-state index is 14.5. The molecule has 0 aliphatic carbocycles. The third-order valence-corrected chi connectivity index (χ3v) is 9.16. The third kappa shape index (κ3) is 7.51. The van der Waals surface area contributed by atoms with Crippen LogP contribution in [0.4, 0.5) is 0 Å². The summed E-state index contributed by atoms with van der Waals surface area (Å²) in [5.41, 5.74) is 4.02. The number of hydrogen-bond donors (Lipinski definition) is 2. The molecule has 2 aliphatic heterocycles. The van der Waals surface area contributed by atoms with Crippen molar-refractivity contribution in [3.63, 3.8) is 0 Å². The fourth-order valence-electron chi connectivity index (χ4n) is 6.82. The van der Waals surface area contributed by atoms with E-state index >= 15 is 0 Å². The average molecular weight is 578 g/mol. The second-order valence-corrected chi connectivity index (χ2v) is 12.0. The van der Waals surface area contributed by atoms with Gasteiger partial charge in [-0.1, -0.05) is 79.7 Å². The molecular weight excluding hydrogens is 534 g/mol. The third-order valence-electron chi connectivity index (χ3n) is 9.16. The molecule has 0 bridgehead atoms. The van der Waals surface area contributed by atoms with Gasteiger partial charge in [-0.15, -0.1) is 0 Å². The number of nitrogens with zero attached hydrogens (tertiary/aromatic N) is 3. The minimum atomic E-state index is -0.725. The van der Waals surface area contributed by atoms with Gasteiger partial charge in [0.2, 0.25) is 11.8 Å². The number of carbonyl (C=O) groups excluding carboxylic acids is 2. The number of amides is 2. The second kappa shape index (κ2) is 14.5. The summed E-state index contributed by atoms with van der Waals surface area (Å²) in [7, 11) is 1.76. The van der Waals surface area contributed by atoms with Crippen LogP contribution >= 0.6 is 0 Å². The molecule has 5 atom stereocenters. The lowest BCUT2D eigenvalue weighted by Crippen LogP contribution is -2.55. The van der Waals surface area contributed by atoms with Crippen molar-refractivity contribution < 1.29 is 9.59 Å². The fraction of sp³-hybridized carbons (Fsp3) is 0.417. The van der Waals surface area contributed by atoms with Crippen LogP contribution in [0, 0.1) is 11.3 Å². The lowest BCUT2D eigenvalue weighted by molar-refractivity contribution is -0.137. The number of likely N-dealkylation sites (N-methyl/N-ethyl adjacent to an activating group) is 1. The molecule has 3 aromatic rings. The molecule has 0 spiro atoms. The van der Waals surface area contributed by atoms with E-state index in [1.807, 2.05) is 36.1 Å². The number of nitriles is 1. The van der Waals surface area contributed by atoms with Crippen molar-refractivity contribution in [2.24, 2.45) is 0 Å². The smallest absolute Gasteiger partial charge is 0.245 e. The van der Waals surface area contributed by atoms with Crippen molar-refractivity contribution in [1.82, 2.24) is 20.4 Å². The van der Waals surface area contributed by atoms with Crippen LogP contribution in [0.3, 0.4) is 0 Å². The number of carbonyl (C=O) groups is 2. The highest BCUT2D eigenvalue weighted by Gasteiger charge is 2.41. The maximum absolute atomic E-state index is 14.5. The number of rotatable bonds is 11. The Morgan fingerprint density at radius 1 is 0.930 bits per heavy atom. The molecule has 7 nitrogen and oxygen atoms in total. The van der Waals surface area contributed by atoms with Gasteiger partial charge in [0.15, 0.2) is 0 Å². The summed E-state index contributed by atoms with van der Waals surface area (Å²) < 4.78 is 0. The minimum absolute atomic E-state index is 0.0448. The first-order valence-electron chi connectivity index (χ1n) is 15.6. The molecule has 2 aliphatic rings. The predicted octanol–water partition coefficient (Wildman–Crippen LogP) is 4.46. The zero-order chi connectivity index (χ0) is 30.2. The van der Waals surface area contributed by atoms with Crippen LogP contribution in [0.5, 0.6) is 0 Å². The van der Waals surface area contributed by atoms with Crippen LogP contribution in [-0.2, 0) is 16.0 Å². The number of nitrogens with one attached hydrogen (secondary N) is 2. The zero-order valence-electron chi connectivity index (χ0n) is 25.3. The Labute approximate surface area is 255 Å². The molecule has 2 heterocycles. The summed E-state index contributed by atoms with van der Waals surface area (Å²) in [6.45, 7) is 5.39. The molecule has 5 rings (SSSR count). The van der Waals surface area contributed by atoms with E-state index in [9.17, 15) is 14.9 Å². The van der Waals surface area contributed by atoms with Crippen molar-refractivity contribution in [3.05, 3.63) is 107 Å². The molecule has 43 heavy (non-hydrogen) atoms. The van der Waals surface area contributed by atoms with E-state index in [4.69, 9.17) is 0 Å². The summed E-state index contributed by atoms with van der Waals surface area (Å²) in [6, 6.07) is 29.6. The molecule has 0 saturated carbocycles. The van der Waals surface area contributed by atoms with Gasteiger partial charge in [0.05, 0.1) is 17.7 Å². The van der Waals surface area contributed by atoms with Crippen LogP contribution in [0.25, 0.3) is 0 Å². The van der Waals surface area contributed by atoms with Crippen molar-refractivity contribution in [1.29, 1.82) is 5.26 Å². The standard InChI is InChI=1S/C36H43N5O2/c1-3-33(38-2)35(42)39-34(20-26-11-10-12-27(19-26)22-37)36(43)41-24-31(29-15-8-5-9-16-29)21-32(41)25-40-18-17-30(23-40)28-13-6-4-7-14-28/h4-16,19,30-34,38H,3,17-18,20-21,23-25H2,1-2H3,(H,39,42)/t30?,31-,32-,33?,34?/m0/s1. The highest BCUT2D eigenvalue weighted by atomic mass is 16.2. The van der Waals surface area contributed by atoms with Gasteiger partial charge >= 0.3 is 0 Å². The maximum Gasteiger partial charge on any atom is 0.245 e. The van der Waals surface area contributed by atoms with Crippen LogP contribution < -0.4 is 10.6 Å². The first-order valence-corrected chi connectivity index (χ1v) is 15.6. The van der Waals surface area contributed by atoms with Gasteiger partial charge in [0, 0.05) is 38.0 Å². The molecule has 3 unspecified atom stereocenters. The summed E-state index contributed by atoms with van der Waals surface area (Å²) >= 11 is 0. The van der Waals surface area contributed by atoms with Crippen LogP contribution in [0.15, 0.2) is 84.9 Å². The summed E-state index contributed by atoms with van der Waals surface area (Å²) in [5.74, 6) is 0.509. The first-order chi connectivity index (χ1) is 21.0. The highest BCUT2D eigenvalue weighted by molar-refractivity contribution is 5.90. The predicted molar refractivity (Wildman–Crippen MR) is 169 cm³/mol. The van der Waals surface area contributed by atoms with E-state index in [1.54, 1.807) is 13.1 Å². The molecule has 0 aromatic heterocycles. The highest BCUT2D eigenvalue weighted by Crippen LogP contribution is 2.35. The van der Waals surface area contributed by atoms with E-state index in [0.29, 0.717) is 30.9 Å². The van der Waals surface area contributed by atoms with E-state index in [-0.39, 0.29) is 29.8 Å². The molecule has 2 amide bonds. The molecule has 7 heteroatoms. The second-order valence-electron chi connectivity index (χ2n) is 12.0. The van der Waals surface area contributed by atoms with E-state index < -0.39 is 6.04 Å². The fourth-order valence-corrected chi connectivity index (χ4v) is 6.82. The Balaban J connectivity index is 1.39. The van der Waals surface area contributed by atoms with Crippen LogP contribution in [0.2, 0.25) is 0 Å². The van der Waals surface area contributed by atoms with Gasteiger partial charge in [0.1, 0.15) is 6.04 Å². The van der Waals surface area contributed by atoms with Gasteiger partial charge in [-0.3, -0.25) is 9.59 Å². The Bertz CT molecular complexity index is 1400. The topological polar surface area (TPSA) is 88.5 Å². The normalized spacial score (nSPS) is 21.7. The lowest BCUT2D eigenvalue weighted by Gasteiger charge is -2.32. The van der Waals surface area contributed by atoms with Crippen molar-refractivity contribution in [2.45, 2.75) is 62.6 Å². The van der Waals surface area contributed by atoms with Crippen molar-refractivity contribution >= 4 is 11.8 Å². The van der Waals surface area contributed by atoms with E-state index in [0.717, 1.165) is 38.0 Å². The molecule has 0 radical (unpaired) electrons. The van der Waals surface area contributed by atoms with Gasteiger partial charge in [-0.2, -0.15) is 5.26 Å².